The molecule has 4 heteroatoms. The molecule has 2 heterocycles. The zero-order valence-electron chi connectivity index (χ0n) is 10.2. The summed E-state index contributed by atoms with van der Waals surface area (Å²) in [5.74, 6) is 0. The highest BCUT2D eigenvalue weighted by Crippen LogP contribution is 2.32. The van der Waals surface area contributed by atoms with Gasteiger partial charge in [-0.05, 0) is 24.6 Å². The molecule has 1 unspecified atom stereocenters. The lowest BCUT2D eigenvalue weighted by molar-refractivity contribution is 0.121. The highest BCUT2D eigenvalue weighted by atomic mass is 35.5. The van der Waals surface area contributed by atoms with Crippen molar-refractivity contribution >= 4 is 28.2 Å². The van der Waals surface area contributed by atoms with Crippen LogP contribution in [0, 0.1) is 6.07 Å². The maximum Gasteiger partial charge on any atom is 0.0956 e. The SMILES string of the molecule is COC1CCN(c2[c]cc(Cl)c3cccnc23)C1. The number of aromatic nitrogens is 1. The molecule has 3 nitrogen and oxygen atoms in total. The third kappa shape index (κ3) is 1.93. The second-order valence-electron chi connectivity index (χ2n) is 4.48. The molecule has 0 saturated carbocycles. The number of anilines is 1. The lowest BCUT2D eigenvalue weighted by atomic mass is 10.2. The van der Waals surface area contributed by atoms with E-state index in [1.54, 1.807) is 13.3 Å². The van der Waals surface area contributed by atoms with Crippen molar-refractivity contribution < 1.29 is 4.74 Å². The van der Waals surface area contributed by atoms with Crippen LogP contribution in [0.5, 0.6) is 0 Å². The molecule has 1 aliphatic heterocycles. The number of methoxy groups -OCH3 is 1. The molecular weight excluding hydrogens is 248 g/mol. The van der Waals surface area contributed by atoms with E-state index < -0.39 is 0 Å². The van der Waals surface area contributed by atoms with Crippen molar-refractivity contribution in [3.05, 3.63) is 35.5 Å². The first-order chi connectivity index (χ1) is 8.79. The molecular formula is C14H14ClN2O. The summed E-state index contributed by atoms with van der Waals surface area (Å²) < 4.78 is 5.40. The van der Waals surface area contributed by atoms with Crippen molar-refractivity contribution in [2.45, 2.75) is 12.5 Å². The fraction of sp³-hybridized carbons (Fsp3) is 0.357. The van der Waals surface area contributed by atoms with Gasteiger partial charge in [-0.25, -0.2) is 0 Å². The number of halogens is 1. The van der Waals surface area contributed by atoms with Gasteiger partial charge in [0.1, 0.15) is 0 Å². The number of nitrogens with zero attached hydrogens (tertiary/aromatic N) is 2. The zero-order valence-corrected chi connectivity index (χ0v) is 10.9. The fourth-order valence-corrected chi connectivity index (χ4v) is 2.64. The van der Waals surface area contributed by atoms with E-state index in [0.29, 0.717) is 11.1 Å². The number of fused-ring (bicyclic) bond motifs is 1. The molecule has 0 aliphatic carbocycles. The van der Waals surface area contributed by atoms with E-state index >= 15 is 0 Å². The normalized spacial score (nSPS) is 19.7. The third-order valence-corrected chi connectivity index (χ3v) is 3.73. The molecule has 1 aromatic heterocycles. The lowest BCUT2D eigenvalue weighted by Gasteiger charge is -2.19. The van der Waals surface area contributed by atoms with Crippen molar-refractivity contribution in [3.63, 3.8) is 0 Å². The third-order valence-electron chi connectivity index (χ3n) is 3.42. The zero-order chi connectivity index (χ0) is 12.5. The predicted molar refractivity (Wildman–Crippen MR) is 73.2 cm³/mol. The topological polar surface area (TPSA) is 25.4 Å². The smallest absolute Gasteiger partial charge is 0.0956 e. The quantitative estimate of drug-likeness (QED) is 0.831. The van der Waals surface area contributed by atoms with Gasteiger partial charge < -0.3 is 9.64 Å². The first-order valence-corrected chi connectivity index (χ1v) is 6.40. The Hall–Kier alpha value is -1.32. The predicted octanol–water partition coefficient (Wildman–Crippen LogP) is 2.91. The van der Waals surface area contributed by atoms with E-state index in [2.05, 4.69) is 16.0 Å². The van der Waals surface area contributed by atoms with Gasteiger partial charge in [-0.3, -0.25) is 4.98 Å². The number of pyridine rings is 1. The molecule has 0 bridgehead atoms. The number of benzene rings is 1. The van der Waals surface area contributed by atoms with Gasteiger partial charge in [-0.1, -0.05) is 11.6 Å². The minimum absolute atomic E-state index is 0.299. The molecule has 2 aromatic rings. The molecule has 1 saturated heterocycles. The summed E-state index contributed by atoms with van der Waals surface area (Å²) >= 11 is 6.18. The number of hydrogen-bond donors (Lipinski definition) is 0. The molecule has 3 rings (SSSR count). The van der Waals surface area contributed by atoms with Crippen LogP contribution in [0.1, 0.15) is 6.42 Å². The molecule has 0 amide bonds. The standard InChI is InChI=1S/C14H14ClN2O/c1-18-10-6-8-17(9-10)13-5-4-12(15)11-3-2-7-16-14(11)13/h2-4,7,10H,6,8-9H2,1H3. The number of rotatable bonds is 2. The van der Waals surface area contributed by atoms with Gasteiger partial charge in [-0.15, -0.1) is 0 Å². The summed E-state index contributed by atoms with van der Waals surface area (Å²) in [4.78, 5) is 6.70. The van der Waals surface area contributed by atoms with E-state index in [1.807, 2.05) is 18.2 Å². The second kappa shape index (κ2) is 4.75. The van der Waals surface area contributed by atoms with E-state index in [4.69, 9.17) is 16.3 Å². The first-order valence-electron chi connectivity index (χ1n) is 6.02. The van der Waals surface area contributed by atoms with Gasteiger partial charge in [0, 0.05) is 37.8 Å². The van der Waals surface area contributed by atoms with Crippen LogP contribution in [0.15, 0.2) is 24.4 Å². The van der Waals surface area contributed by atoms with E-state index in [-0.39, 0.29) is 0 Å². The Morgan fingerprint density at radius 3 is 3.22 bits per heavy atom. The summed E-state index contributed by atoms with van der Waals surface area (Å²) in [5, 5.41) is 1.68. The minimum atomic E-state index is 0.299. The first kappa shape index (κ1) is 11.8. The van der Waals surface area contributed by atoms with E-state index in [1.165, 1.54) is 0 Å². The molecule has 18 heavy (non-hydrogen) atoms. The Labute approximate surface area is 111 Å². The van der Waals surface area contributed by atoms with Crippen molar-refractivity contribution in [2.24, 2.45) is 0 Å². The van der Waals surface area contributed by atoms with Crippen LogP contribution < -0.4 is 4.90 Å². The lowest BCUT2D eigenvalue weighted by Crippen LogP contribution is -2.22. The van der Waals surface area contributed by atoms with Gasteiger partial charge in [-0.2, -0.15) is 0 Å². The van der Waals surface area contributed by atoms with Crippen LogP contribution in [0.2, 0.25) is 5.02 Å². The van der Waals surface area contributed by atoms with Gasteiger partial charge in [0.25, 0.3) is 0 Å². The highest BCUT2D eigenvalue weighted by Gasteiger charge is 2.24. The summed E-state index contributed by atoms with van der Waals surface area (Å²) in [6, 6.07) is 8.96. The molecule has 1 aromatic carbocycles. The minimum Gasteiger partial charge on any atom is -0.380 e. The van der Waals surface area contributed by atoms with Crippen molar-refractivity contribution in [1.82, 2.24) is 4.98 Å². The van der Waals surface area contributed by atoms with Crippen LogP contribution in [0.4, 0.5) is 5.69 Å². The largest absolute Gasteiger partial charge is 0.380 e. The maximum atomic E-state index is 6.18. The van der Waals surface area contributed by atoms with E-state index in [0.717, 1.165) is 36.1 Å². The molecule has 1 aliphatic rings. The number of ether oxygens (including phenoxy) is 1. The Morgan fingerprint density at radius 1 is 1.56 bits per heavy atom. The Balaban J connectivity index is 2.05. The Bertz CT molecular complexity index is 573. The maximum absolute atomic E-state index is 6.18. The summed E-state index contributed by atoms with van der Waals surface area (Å²) in [6.07, 6.45) is 3.13. The van der Waals surface area contributed by atoms with Gasteiger partial charge >= 0.3 is 0 Å². The summed E-state index contributed by atoms with van der Waals surface area (Å²) in [6.45, 7) is 1.86. The van der Waals surface area contributed by atoms with Gasteiger partial charge in [0.05, 0.1) is 22.3 Å². The van der Waals surface area contributed by atoms with Crippen LogP contribution in [-0.2, 0) is 4.74 Å². The van der Waals surface area contributed by atoms with Crippen molar-refractivity contribution in [2.75, 3.05) is 25.1 Å². The summed E-state index contributed by atoms with van der Waals surface area (Å²) in [5.41, 5.74) is 1.94. The van der Waals surface area contributed by atoms with Gasteiger partial charge in [0.15, 0.2) is 0 Å². The van der Waals surface area contributed by atoms with Crippen molar-refractivity contribution in [1.29, 1.82) is 0 Å². The van der Waals surface area contributed by atoms with Crippen molar-refractivity contribution in [3.8, 4) is 0 Å². The molecule has 1 atom stereocenters. The Morgan fingerprint density at radius 2 is 2.44 bits per heavy atom. The van der Waals surface area contributed by atoms with Crippen LogP contribution in [0.3, 0.4) is 0 Å². The van der Waals surface area contributed by atoms with E-state index in [9.17, 15) is 0 Å². The second-order valence-corrected chi connectivity index (χ2v) is 4.88. The summed E-state index contributed by atoms with van der Waals surface area (Å²) in [7, 11) is 1.76. The highest BCUT2D eigenvalue weighted by molar-refractivity contribution is 6.35. The monoisotopic (exact) mass is 261 g/mol. The molecule has 93 valence electrons. The van der Waals surface area contributed by atoms with Gasteiger partial charge in [0.2, 0.25) is 0 Å². The molecule has 1 radical (unpaired) electrons. The average Bonchev–Trinajstić information content (AvgIpc) is 2.88. The number of hydrogen-bond acceptors (Lipinski definition) is 3. The van der Waals surface area contributed by atoms with Crippen LogP contribution in [0.25, 0.3) is 10.9 Å². The van der Waals surface area contributed by atoms with Crippen LogP contribution >= 0.6 is 11.6 Å². The molecule has 0 spiro atoms. The Kier molecular flexibility index (Phi) is 3.10. The fourth-order valence-electron chi connectivity index (χ4n) is 2.43. The average molecular weight is 262 g/mol. The molecule has 0 N–H and O–H groups in total. The van der Waals surface area contributed by atoms with Crippen LogP contribution in [-0.4, -0.2) is 31.3 Å². The molecule has 1 fully saturated rings.